The molecule has 0 saturated carbocycles. The zero-order valence-corrected chi connectivity index (χ0v) is 19.5. The van der Waals surface area contributed by atoms with Crippen LogP contribution in [0.5, 0.6) is 5.75 Å². The molecule has 1 aromatic heterocycles. The minimum absolute atomic E-state index is 0. The summed E-state index contributed by atoms with van der Waals surface area (Å²) in [6.07, 6.45) is 2.14. The molecule has 0 bridgehead atoms. The molecule has 2 rings (SSSR count). The normalized spacial score (nSPS) is 11.1. The third-order valence-electron chi connectivity index (χ3n) is 4.36. The Labute approximate surface area is 183 Å². The third kappa shape index (κ3) is 6.61. The minimum atomic E-state index is -0.365. The molecule has 9 heteroatoms. The molecule has 156 valence electrons. The Kier molecular flexibility index (Phi) is 10.2. The van der Waals surface area contributed by atoms with Crippen molar-refractivity contribution in [3.05, 3.63) is 41.2 Å². The zero-order chi connectivity index (χ0) is 19.8. The van der Waals surface area contributed by atoms with E-state index in [2.05, 4.69) is 27.4 Å². The molecule has 1 heterocycles. The van der Waals surface area contributed by atoms with E-state index >= 15 is 0 Å². The van der Waals surface area contributed by atoms with Gasteiger partial charge in [-0.2, -0.15) is 0 Å². The van der Waals surface area contributed by atoms with Crippen molar-refractivity contribution in [2.45, 2.75) is 39.8 Å². The van der Waals surface area contributed by atoms with E-state index in [1.54, 1.807) is 6.07 Å². The predicted molar refractivity (Wildman–Crippen MR) is 120 cm³/mol. The first-order chi connectivity index (χ1) is 13.0. The number of methoxy groups -OCH3 is 1. The monoisotopic (exact) mass is 504 g/mol. The van der Waals surface area contributed by atoms with E-state index in [1.807, 2.05) is 36.6 Å². The van der Waals surface area contributed by atoms with Crippen LogP contribution in [0, 0.1) is 12.7 Å². The van der Waals surface area contributed by atoms with Crippen molar-refractivity contribution in [1.29, 1.82) is 0 Å². The molecule has 0 spiro atoms. The lowest BCUT2D eigenvalue weighted by molar-refractivity contribution is 0.385. The van der Waals surface area contributed by atoms with E-state index in [-0.39, 0.29) is 35.5 Å². The molecule has 0 aliphatic heterocycles. The number of aromatic nitrogens is 3. The first-order valence-electron chi connectivity index (χ1n) is 9.13. The summed E-state index contributed by atoms with van der Waals surface area (Å²) >= 11 is 0. The van der Waals surface area contributed by atoms with Gasteiger partial charge in [-0.3, -0.25) is 0 Å². The van der Waals surface area contributed by atoms with Gasteiger partial charge in [-0.05, 0) is 31.0 Å². The van der Waals surface area contributed by atoms with Gasteiger partial charge in [-0.25, -0.2) is 9.38 Å². The molecule has 28 heavy (non-hydrogen) atoms. The minimum Gasteiger partial charge on any atom is -0.494 e. The zero-order valence-electron chi connectivity index (χ0n) is 17.2. The highest BCUT2D eigenvalue weighted by Crippen LogP contribution is 2.18. The number of rotatable bonds is 8. The summed E-state index contributed by atoms with van der Waals surface area (Å²) in [7, 11) is 5.32. The molecule has 0 atom stereocenters. The molecular weight excluding hydrogens is 474 g/mol. The quantitative estimate of drug-likeness (QED) is 0.259. The van der Waals surface area contributed by atoms with Gasteiger partial charge in [0.15, 0.2) is 23.4 Å². The summed E-state index contributed by atoms with van der Waals surface area (Å²) in [5, 5.41) is 11.6. The number of benzene rings is 1. The van der Waals surface area contributed by atoms with Crippen LogP contribution in [0.25, 0.3) is 0 Å². The van der Waals surface area contributed by atoms with E-state index in [4.69, 9.17) is 4.74 Å². The smallest absolute Gasteiger partial charge is 0.194 e. The molecule has 1 aromatic carbocycles. The lowest BCUT2D eigenvalue weighted by Gasteiger charge is -2.23. The lowest BCUT2D eigenvalue weighted by atomic mass is 10.2. The Hall–Kier alpha value is -1.91. The van der Waals surface area contributed by atoms with Crippen molar-refractivity contribution < 1.29 is 9.13 Å². The fraction of sp³-hybridized carbons (Fsp3) is 0.526. The van der Waals surface area contributed by atoms with Crippen LogP contribution in [-0.4, -0.2) is 46.3 Å². The Balaban J connectivity index is 0.00000392. The van der Waals surface area contributed by atoms with Crippen molar-refractivity contribution in [2.24, 2.45) is 12.0 Å². The second-order valence-electron chi connectivity index (χ2n) is 6.47. The molecule has 7 nitrogen and oxygen atoms in total. The van der Waals surface area contributed by atoms with E-state index in [0.717, 1.165) is 42.6 Å². The predicted octanol–water partition coefficient (Wildman–Crippen LogP) is 3.27. The second kappa shape index (κ2) is 11.8. The van der Waals surface area contributed by atoms with Gasteiger partial charge in [0.2, 0.25) is 0 Å². The number of aryl methyl sites for hydroxylation is 1. The SMILES string of the molecule is CCCCNC(=NCc1nnc(C)n1C)N(C)Cc1ccc(OC)c(F)c1.I. The second-order valence-corrected chi connectivity index (χ2v) is 6.47. The van der Waals surface area contributed by atoms with E-state index in [1.165, 1.54) is 13.2 Å². The fourth-order valence-corrected chi connectivity index (χ4v) is 2.58. The van der Waals surface area contributed by atoms with Gasteiger partial charge in [-0.15, -0.1) is 34.2 Å². The summed E-state index contributed by atoms with van der Waals surface area (Å²) in [6.45, 7) is 5.83. The van der Waals surface area contributed by atoms with Crippen molar-refractivity contribution in [3.63, 3.8) is 0 Å². The number of nitrogens with one attached hydrogen (secondary N) is 1. The van der Waals surface area contributed by atoms with Gasteiger partial charge >= 0.3 is 0 Å². The maximum absolute atomic E-state index is 14.0. The highest BCUT2D eigenvalue weighted by atomic mass is 127. The number of nitrogens with zero attached hydrogens (tertiary/aromatic N) is 5. The molecule has 0 unspecified atom stereocenters. The van der Waals surface area contributed by atoms with Crippen LogP contribution in [0.1, 0.15) is 37.0 Å². The molecule has 0 amide bonds. The molecule has 1 N–H and O–H groups in total. The average Bonchev–Trinajstić information content (AvgIpc) is 2.96. The number of unbranched alkanes of at least 4 members (excludes halogenated alkanes) is 1. The number of halogens is 2. The number of hydrogen-bond donors (Lipinski definition) is 1. The summed E-state index contributed by atoms with van der Waals surface area (Å²) in [6, 6.07) is 4.99. The van der Waals surface area contributed by atoms with Crippen LogP contribution < -0.4 is 10.1 Å². The van der Waals surface area contributed by atoms with Gasteiger partial charge in [0.05, 0.1) is 7.11 Å². The van der Waals surface area contributed by atoms with E-state index in [0.29, 0.717) is 13.1 Å². The Bertz CT molecular complexity index is 780. The Morgan fingerprint density at radius 1 is 1.36 bits per heavy atom. The molecule has 0 aliphatic carbocycles. The van der Waals surface area contributed by atoms with Gasteiger partial charge in [0.25, 0.3) is 0 Å². The van der Waals surface area contributed by atoms with E-state index < -0.39 is 0 Å². The molecule has 0 fully saturated rings. The summed E-state index contributed by atoms with van der Waals surface area (Å²) in [4.78, 5) is 6.65. The maximum atomic E-state index is 14.0. The molecule has 0 saturated heterocycles. The van der Waals surface area contributed by atoms with Gasteiger partial charge in [0.1, 0.15) is 12.4 Å². The molecule has 0 aliphatic rings. The highest BCUT2D eigenvalue weighted by molar-refractivity contribution is 14.0. The number of hydrogen-bond acceptors (Lipinski definition) is 4. The van der Waals surface area contributed by atoms with Crippen molar-refractivity contribution >= 4 is 29.9 Å². The van der Waals surface area contributed by atoms with Crippen LogP contribution >= 0.6 is 24.0 Å². The Morgan fingerprint density at radius 3 is 2.68 bits per heavy atom. The average molecular weight is 504 g/mol. The summed E-state index contributed by atoms with van der Waals surface area (Å²) < 4.78 is 20.9. The number of guanidine groups is 1. The largest absolute Gasteiger partial charge is 0.494 e. The van der Waals surface area contributed by atoms with Crippen LogP contribution in [0.15, 0.2) is 23.2 Å². The third-order valence-corrected chi connectivity index (χ3v) is 4.36. The standard InChI is InChI=1S/C19H29FN6O.HI/c1-6-7-10-21-19(22-12-18-24-23-14(2)26(18)4)25(3)13-15-8-9-17(27-5)16(20)11-15;/h8-9,11H,6-7,10,12-13H2,1-5H3,(H,21,22);1H. The number of aliphatic imine (C=N–C) groups is 1. The van der Waals surface area contributed by atoms with Crippen LogP contribution in [-0.2, 0) is 20.1 Å². The van der Waals surface area contributed by atoms with Gasteiger partial charge < -0.3 is 19.5 Å². The lowest BCUT2D eigenvalue weighted by Crippen LogP contribution is -2.39. The summed E-state index contributed by atoms with van der Waals surface area (Å²) in [5.74, 6) is 2.28. The van der Waals surface area contributed by atoms with E-state index in [9.17, 15) is 4.39 Å². The van der Waals surface area contributed by atoms with Crippen LogP contribution in [0.2, 0.25) is 0 Å². The van der Waals surface area contributed by atoms with Crippen LogP contribution in [0.4, 0.5) is 4.39 Å². The highest BCUT2D eigenvalue weighted by Gasteiger charge is 2.11. The first kappa shape index (κ1) is 24.1. The Morgan fingerprint density at radius 2 is 2.11 bits per heavy atom. The van der Waals surface area contributed by atoms with Crippen molar-refractivity contribution in [2.75, 3.05) is 20.7 Å². The molecule has 0 radical (unpaired) electrons. The van der Waals surface area contributed by atoms with Crippen LogP contribution in [0.3, 0.4) is 0 Å². The van der Waals surface area contributed by atoms with Crippen molar-refractivity contribution in [3.8, 4) is 5.75 Å². The van der Waals surface area contributed by atoms with Gasteiger partial charge in [0, 0.05) is 27.2 Å². The topological polar surface area (TPSA) is 67.6 Å². The molecular formula is C19H30FIN6O. The number of ether oxygens (including phenoxy) is 1. The van der Waals surface area contributed by atoms with Crippen molar-refractivity contribution in [1.82, 2.24) is 25.0 Å². The fourth-order valence-electron chi connectivity index (χ4n) is 2.58. The maximum Gasteiger partial charge on any atom is 0.194 e. The molecule has 2 aromatic rings. The summed E-state index contributed by atoms with van der Waals surface area (Å²) in [5.41, 5.74) is 0.843. The first-order valence-corrected chi connectivity index (χ1v) is 9.13. The van der Waals surface area contributed by atoms with Gasteiger partial charge in [-0.1, -0.05) is 19.4 Å².